The number of aliphatic carboxylic acids is 1. The van der Waals surface area contributed by atoms with Crippen LogP contribution in [0.25, 0.3) is 0 Å². The molecule has 98 valence electrons. The minimum atomic E-state index is -0.924. The molecule has 1 aliphatic rings. The van der Waals surface area contributed by atoms with E-state index in [4.69, 9.17) is 0 Å². The van der Waals surface area contributed by atoms with Crippen molar-refractivity contribution in [2.45, 2.75) is 26.3 Å². The predicted octanol–water partition coefficient (Wildman–Crippen LogP) is 1.77. The molecule has 1 N–H and O–H groups in total. The Labute approximate surface area is 109 Å². The topological polar surface area (TPSA) is 70.5 Å². The molecule has 1 saturated heterocycles. The highest BCUT2D eigenvalue weighted by Gasteiger charge is 2.45. The summed E-state index contributed by atoms with van der Waals surface area (Å²) < 4.78 is 0. The first kappa shape index (κ1) is 13.0. The Morgan fingerprint density at radius 1 is 1.67 bits per heavy atom. The molecule has 18 heavy (non-hydrogen) atoms. The first-order chi connectivity index (χ1) is 8.50. The van der Waals surface area contributed by atoms with Gasteiger partial charge in [0.05, 0.1) is 23.2 Å². The molecule has 0 aromatic carbocycles. The average Bonchev–Trinajstić information content (AvgIpc) is 2.87. The predicted molar refractivity (Wildman–Crippen MR) is 67.1 cm³/mol. The molecule has 0 bridgehead atoms. The number of nitrogens with zero attached hydrogens (tertiary/aromatic N) is 2. The van der Waals surface area contributed by atoms with Gasteiger partial charge in [0.2, 0.25) is 5.91 Å². The number of carboxylic acid groups (broad SMARTS) is 1. The van der Waals surface area contributed by atoms with Gasteiger partial charge < -0.3 is 10.0 Å². The molecule has 1 amide bonds. The molecule has 0 radical (unpaired) electrons. The molecule has 1 aliphatic heterocycles. The van der Waals surface area contributed by atoms with Crippen molar-refractivity contribution in [2.75, 3.05) is 6.54 Å². The van der Waals surface area contributed by atoms with Crippen LogP contribution in [0.3, 0.4) is 0 Å². The summed E-state index contributed by atoms with van der Waals surface area (Å²) in [4.78, 5) is 29.1. The van der Waals surface area contributed by atoms with E-state index < -0.39 is 17.9 Å². The number of thiazole rings is 1. The van der Waals surface area contributed by atoms with Crippen LogP contribution < -0.4 is 0 Å². The van der Waals surface area contributed by atoms with E-state index in [1.165, 1.54) is 11.3 Å². The average molecular weight is 268 g/mol. The third-order valence-electron chi connectivity index (χ3n) is 3.07. The van der Waals surface area contributed by atoms with E-state index in [0.717, 1.165) is 0 Å². The fourth-order valence-electron chi connectivity index (χ4n) is 2.35. The Morgan fingerprint density at radius 2 is 2.39 bits per heavy atom. The van der Waals surface area contributed by atoms with Crippen LogP contribution in [-0.2, 0) is 9.59 Å². The zero-order valence-corrected chi connectivity index (χ0v) is 11.2. The molecule has 6 heteroatoms. The van der Waals surface area contributed by atoms with Crippen molar-refractivity contribution >= 4 is 23.2 Å². The smallest absolute Gasteiger partial charge is 0.309 e. The van der Waals surface area contributed by atoms with E-state index in [9.17, 15) is 14.7 Å². The van der Waals surface area contributed by atoms with Crippen molar-refractivity contribution in [1.29, 1.82) is 0 Å². The van der Waals surface area contributed by atoms with Crippen LogP contribution in [0.1, 0.15) is 32.0 Å². The van der Waals surface area contributed by atoms with E-state index >= 15 is 0 Å². The Morgan fingerprint density at radius 3 is 2.89 bits per heavy atom. The standard InChI is InChI=1S/C12H16N2O3S/c1-7(2)4-14-10(15)3-8(12(16)17)11(14)9-5-18-6-13-9/h5-8,11H,3-4H2,1-2H3,(H,16,17). The van der Waals surface area contributed by atoms with Gasteiger partial charge in [-0.15, -0.1) is 11.3 Å². The lowest BCUT2D eigenvalue weighted by Crippen LogP contribution is -2.33. The number of aromatic nitrogens is 1. The fourth-order valence-corrected chi connectivity index (χ4v) is 2.94. The normalized spacial score (nSPS) is 23.9. The summed E-state index contributed by atoms with van der Waals surface area (Å²) in [7, 11) is 0. The highest BCUT2D eigenvalue weighted by Crippen LogP contribution is 2.38. The molecule has 2 rings (SSSR count). The van der Waals surface area contributed by atoms with Gasteiger partial charge >= 0.3 is 5.97 Å². The second-order valence-corrected chi connectivity index (χ2v) is 5.67. The minimum absolute atomic E-state index is 0.0737. The third-order valence-corrected chi connectivity index (χ3v) is 3.67. The molecular weight excluding hydrogens is 252 g/mol. The van der Waals surface area contributed by atoms with E-state index in [1.807, 2.05) is 19.2 Å². The molecule has 2 heterocycles. The number of carbonyl (C=O) groups is 2. The largest absolute Gasteiger partial charge is 0.481 e. The van der Waals surface area contributed by atoms with Crippen LogP contribution in [0.2, 0.25) is 0 Å². The molecule has 1 fully saturated rings. The molecule has 2 atom stereocenters. The van der Waals surface area contributed by atoms with Crippen LogP contribution in [0.5, 0.6) is 0 Å². The van der Waals surface area contributed by atoms with Gasteiger partial charge in [0.1, 0.15) is 0 Å². The van der Waals surface area contributed by atoms with Crippen LogP contribution in [0.4, 0.5) is 0 Å². The second kappa shape index (κ2) is 5.06. The van der Waals surface area contributed by atoms with Gasteiger partial charge in [-0.3, -0.25) is 9.59 Å². The van der Waals surface area contributed by atoms with E-state index in [0.29, 0.717) is 18.2 Å². The summed E-state index contributed by atoms with van der Waals surface area (Å²) in [6.07, 6.45) is 0.0737. The lowest BCUT2D eigenvalue weighted by molar-refractivity contribution is -0.142. The first-order valence-corrected chi connectivity index (χ1v) is 6.85. The van der Waals surface area contributed by atoms with Gasteiger partial charge in [-0.25, -0.2) is 4.98 Å². The lowest BCUT2D eigenvalue weighted by atomic mass is 9.98. The highest BCUT2D eigenvalue weighted by molar-refractivity contribution is 7.07. The zero-order valence-electron chi connectivity index (χ0n) is 10.4. The summed E-state index contributed by atoms with van der Waals surface area (Å²) in [5.74, 6) is -1.39. The Hall–Kier alpha value is -1.43. The van der Waals surface area contributed by atoms with Crippen molar-refractivity contribution in [1.82, 2.24) is 9.88 Å². The number of carboxylic acids is 1. The molecule has 1 aromatic rings. The van der Waals surface area contributed by atoms with Gasteiger partial charge in [0.15, 0.2) is 0 Å². The number of amides is 1. The third kappa shape index (κ3) is 2.38. The van der Waals surface area contributed by atoms with Crippen molar-refractivity contribution in [2.24, 2.45) is 11.8 Å². The number of likely N-dealkylation sites (tertiary alicyclic amines) is 1. The van der Waals surface area contributed by atoms with Crippen molar-refractivity contribution in [3.63, 3.8) is 0 Å². The Bertz CT molecular complexity index is 444. The monoisotopic (exact) mass is 268 g/mol. The first-order valence-electron chi connectivity index (χ1n) is 5.91. The van der Waals surface area contributed by atoms with Crippen LogP contribution in [-0.4, -0.2) is 33.4 Å². The summed E-state index contributed by atoms with van der Waals surface area (Å²) in [6.45, 7) is 4.60. The molecule has 0 aliphatic carbocycles. The highest BCUT2D eigenvalue weighted by atomic mass is 32.1. The zero-order chi connectivity index (χ0) is 13.3. The minimum Gasteiger partial charge on any atom is -0.481 e. The van der Waals surface area contributed by atoms with Crippen LogP contribution >= 0.6 is 11.3 Å². The fraction of sp³-hybridized carbons (Fsp3) is 0.583. The maximum atomic E-state index is 12.0. The number of rotatable bonds is 4. The van der Waals surface area contributed by atoms with Gasteiger partial charge in [0.25, 0.3) is 0 Å². The molecule has 2 unspecified atom stereocenters. The van der Waals surface area contributed by atoms with Gasteiger partial charge in [-0.05, 0) is 5.92 Å². The number of hydrogen-bond acceptors (Lipinski definition) is 4. The van der Waals surface area contributed by atoms with Crippen molar-refractivity contribution in [3.8, 4) is 0 Å². The molecule has 0 saturated carbocycles. The SMILES string of the molecule is CC(C)CN1C(=O)CC(C(=O)O)C1c1cscn1. The number of hydrogen-bond donors (Lipinski definition) is 1. The van der Waals surface area contributed by atoms with E-state index in [1.54, 1.807) is 10.4 Å². The van der Waals surface area contributed by atoms with Gasteiger partial charge in [-0.1, -0.05) is 13.8 Å². The van der Waals surface area contributed by atoms with Crippen molar-refractivity contribution in [3.05, 3.63) is 16.6 Å². The summed E-state index contributed by atoms with van der Waals surface area (Å²) in [6, 6.07) is -0.413. The Kier molecular flexibility index (Phi) is 3.65. The molecule has 1 aromatic heterocycles. The second-order valence-electron chi connectivity index (χ2n) is 4.95. The van der Waals surface area contributed by atoms with Crippen LogP contribution in [0, 0.1) is 11.8 Å². The Balaban J connectivity index is 2.32. The summed E-state index contributed by atoms with van der Waals surface area (Å²) >= 11 is 1.42. The molecule has 5 nitrogen and oxygen atoms in total. The van der Waals surface area contributed by atoms with Crippen molar-refractivity contribution < 1.29 is 14.7 Å². The van der Waals surface area contributed by atoms with E-state index in [2.05, 4.69) is 4.98 Å². The maximum Gasteiger partial charge on any atom is 0.309 e. The quantitative estimate of drug-likeness (QED) is 0.903. The summed E-state index contributed by atoms with van der Waals surface area (Å²) in [5.41, 5.74) is 2.36. The lowest BCUT2D eigenvalue weighted by Gasteiger charge is -2.27. The van der Waals surface area contributed by atoms with Gasteiger partial charge in [-0.2, -0.15) is 0 Å². The van der Waals surface area contributed by atoms with Gasteiger partial charge in [0, 0.05) is 18.3 Å². The molecule has 0 spiro atoms. The van der Waals surface area contributed by atoms with E-state index in [-0.39, 0.29) is 12.3 Å². The molecular formula is C12H16N2O3S. The van der Waals surface area contributed by atoms with Crippen LogP contribution in [0.15, 0.2) is 10.9 Å². The number of carbonyl (C=O) groups excluding carboxylic acids is 1. The summed E-state index contributed by atoms with van der Waals surface area (Å²) in [5, 5.41) is 11.1. The maximum absolute atomic E-state index is 12.0.